The molecule has 2 nitrogen and oxygen atoms in total. The van der Waals surface area contributed by atoms with Crippen molar-refractivity contribution < 1.29 is 36.2 Å². The van der Waals surface area contributed by atoms with E-state index in [1.165, 1.54) is 38.1 Å². The van der Waals surface area contributed by atoms with Crippen molar-refractivity contribution in [2.45, 2.75) is 32.3 Å². The molecule has 1 N–H and O–H groups in total. The van der Waals surface area contributed by atoms with Gasteiger partial charge in [-0.2, -0.15) is 26.3 Å². The summed E-state index contributed by atoms with van der Waals surface area (Å²) in [4.78, 5) is 10.8. The molecule has 0 aliphatic heterocycles. The summed E-state index contributed by atoms with van der Waals surface area (Å²) in [5.74, 6) is -0.369. The number of rotatable bonds is 2. The number of halogens is 6. The minimum atomic E-state index is -4.38. The van der Waals surface area contributed by atoms with Gasteiger partial charge in [-0.15, -0.1) is 0 Å². The molecule has 2 rings (SSSR count). The van der Waals surface area contributed by atoms with Crippen LogP contribution in [0.25, 0.3) is 0 Å². The fourth-order valence-electron chi connectivity index (χ4n) is 1.89. The monoisotopic (exact) mass is 378 g/mol. The van der Waals surface area contributed by atoms with Crippen molar-refractivity contribution in [3.63, 3.8) is 0 Å². The van der Waals surface area contributed by atoms with Gasteiger partial charge in [0.05, 0.1) is 17.2 Å². The van der Waals surface area contributed by atoms with Crippen LogP contribution in [-0.4, -0.2) is 10.9 Å². The van der Waals surface area contributed by atoms with Crippen molar-refractivity contribution >= 4 is 5.78 Å². The van der Waals surface area contributed by atoms with Gasteiger partial charge in [0, 0.05) is 5.56 Å². The summed E-state index contributed by atoms with van der Waals surface area (Å²) < 4.78 is 72.8. The number of carbonyl (C=O) groups is 1. The first-order valence-electron chi connectivity index (χ1n) is 7.35. The minimum Gasteiger partial charge on any atom is -0.389 e. The molecule has 2 aromatic carbocycles. The van der Waals surface area contributed by atoms with Crippen LogP contribution in [0.2, 0.25) is 0 Å². The third kappa shape index (κ3) is 6.51. The standard InChI is InChI=1S/C9H9F3O.C9H7F3O/c2*1-6(13)7-3-2-4-8(5-7)9(10,11)12/h2-6,13H,1H3;2-5H,1H3/t6-;/m0./s1. The average molecular weight is 378 g/mol. The topological polar surface area (TPSA) is 37.3 Å². The SMILES string of the molecule is CC(=O)c1cccc(C(F)(F)F)c1.C[C@H](O)c1cccc(C(F)(F)F)c1. The van der Waals surface area contributed by atoms with Crippen LogP contribution in [-0.2, 0) is 12.4 Å². The van der Waals surface area contributed by atoms with Crippen molar-refractivity contribution in [3.05, 3.63) is 70.8 Å². The molecule has 26 heavy (non-hydrogen) atoms. The molecule has 0 saturated carbocycles. The van der Waals surface area contributed by atoms with Crippen molar-refractivity contribution in [3.8, 4) is 0 Å². The molecule has 142 valence electrons. The zero-order chi connectivity index (χ0) is 20.1. The summed E-state index contributed by atoms with van der Waals surface area (Å²) in [5, 5.41) is 9.05. The highest BCUT2D eigenvalue weighted by atomic mass is 19.4. The van der Waals surface area contributed by atoms with E-state index < -0.39 is 29.6 Å². The second kappa shape index (κ2) is 8.35. The maximum absolute atomic E-state index is 12.1. The predicted octanol–water partition coefficient (Wildman–Crippen LogP) is 5.67. The summed E-state index contributed by atoms with van der Waals surface area (Å²) >= 11 is 0. The molecule has 0 radical (unpaired) electrons. The van der Waals surface area contributed by atoms with Gasteiger partial charge in [0.25, 0.3) is 0 Å². The van der Waals surface area contributed by atoms with Crippen molar-refractivity contribution in [1.29, 1.82) is 0 Å². The molecule has 8 heteroatoms. The minimum absolute atomic E-state index is 0.0785. The van der Waals surface area contributed by atoms with E-state index in [0.29, 0.717) is 0 Å². The molecule has 0 aliphatic rings. The maximum Gasteiger partial charge on any atom is 0.416 e. The number of carbonyl (C=O) groups excluding carboxylic acids is 1. The van der Waals surface area contributed by atoms with Gasteiger partial charge in [0.15, 0.2) is 5.78 Å². The fourth-order valence-corrected chi connectivity index (χ4v) is 1.89. The van der Waals surface area contributed by atoms with Crippen LogP contribution >= 0.6 is 0 Å². The molecule has 0 amide bonds. The first-order valence-corrected chi connectivity index (χ1v) is 7.35. The van der Waals surface area contributed by atoms with Gasteiger partial charge in [0.1, 0.15) is 0 Å². The van der Waals surface area contributed by atoms with E-state index in [0.717, 1.165) is 24.3 Å². The normalized spacial score (nSPS) is 12.8. The van der Waals surface area contributed by atoms with Crippen LogP contribution < -0.4 is 0 Å². The Labute approximate surface area is 146 Å². The number of Topliss-reactive ketones (excluding diaryl/α,β-unsaturated/α-hetero) is 1. The van der Waals surface area contributed by atoms with Crippen LogP contribution in [0.1, 0.15) is 47.0 Å². The van der Waals surface area contributed by atoms with Gasteiger partial charge >= 0.3 is 12.4 Å². The molecule has 0 aromatic heterocycles. The molecule has 2 aromatic rings. The van der Waals surface area contributed by atoms with Crippen LogP contribution in [0.15, 0.2) is 48.5 Å². The van der Waals surface area contributed by atoms with Crippen LogP contribution in [0.4, 0.5) is 26.3 Å². The highest BCUT2D eigenvalue weighted by Gasteiger charge is 2.31. The van der Waals surface area contributed by atoms with Gasteiger partial charge in [-0.05, 0) is 43.7 Å². The Morgan fingerprint density at radius 3 is 1.77 bits per heavy atom. The van der Waals surface area contributed by atoms with E-state index >= 15 is 0 Å². The number of aliphatic hydroxyl groups is 1. The molecule has 0 spiro atoms. The third-order valence-corrected chi connectivity index (χ3v) is 3.29. The van der Waals surface area contributed by atoms with Gasteiger partial charge in [0.2, 0.25) is 0 Å². The Kier molecular flexibility index (Phi) is 6.97. The van der Waals surface area contributed by atoms with E-state index in [9.17, 15) is 31.1 Å². The Morgan fingerprint density at radius 1 is 0.885 bits per heavy atom. The summed E-state index contributed by atoms with van der Waals surface area (Å²) in [5.41, 5.74) is -1.17. The number of benzene rings is 2. The zero-order valence-electron chi connectivity index (χ0n) is 13.8. The summed E-state index contributed by atoms with van der Waals surface area (Å²) in [6, 6.07) is 9.03. The first kappa shape index (κ1) is 21.7. The highest BCUT2D eigenvalue weighted by Crippen LogP contribution is 2.31. The molecule has 0 saturated heterocycles. The van der Waals surface area contributed by atoms with Crippen LogP contribution in [0, 0.1) is 0 Å². The Balaban J connectivity index is 0.000000260. The lowest BCUT2D eigenvalue weighted by Gasteiger charge is -2.09. The maximum atomic E-state index is 12.1. The molecular formula is C18H16F6O2. The number of ketones is 1. The summed E-state index contributed by atoms with van der Waals surface area (Å²) in [7, 11) is 0. The fraction of sp³-hybridized carbons (Fsp3) is 0.278. The van der Waals surface area contributed by atoms with Crippen LogP contribution in [0.5, 0.6) is 0 Å². The highest BCUT2D eigenvalue weighted by molar-refractivity contribution is 5.94. The van der Waals surface area contributed by atoms with Gasteiger partial charge < -0.3 is 5.11 Å². The molecule has 0 fully saturated rings. The van der Waals surface area contributed by atoms with Crippen molar-refractivity contribution in [2.75, 3.05) is 0 Å². The largest absolute Gasteiger partial charge is 0.416 e. The van der Waals surface area contributed by atoms with E-state index in [2.05, 4.69) is 0 Å². The first-order chi connectivity index (χ1) is 11.8. The van der Waals surface area contributed by atoms with E-state index in [1.54, 1.807) is 0 Å². The number of aliphatic hydroxyl groups excluding tert-OH is 1. The Bertz CT molecular complexity index is 748. The van der Waals surface area contributed by atoms with E-state index in [1.807, 2.05) is 0 Å². The van der Waals surface area contributed by atoms with Crippen LogP contribution in [0.3, 0.4) is 0 Å². The van der Waals surface area contributed by atoms with E-state index in [-0.39, 0.29) is 16.9 Å². The molecule has 0 heterocycles. The molecule has 1 atom stereocenters. The zero-order valence-corrected chi connectivity index (χ0v) is 13.8. The van der Waals surface area contributed by atoms with Crippen molar-refractivity contribution in [2.24, 2.45) is 0 Å². The molecule has 0 aliphatic carbocycles. The lowest BCUT2D eigenvalue weighted by atomic mass is 10.1. The summed E-state index contributed by atoms with van der Waals surface area (Å²) in [6.45, 7) is 2.66. The second-order valence-corrected chi connectivity index (χ2v) is 5.43. The average Bonchev–Trinajstić information content (AvgIpc) is 2.54. The number of hydrogen-bond donors (Lipinski definition) is 1. The Hall–Kier alpha value is -2.35. The van der Waals surface area contributed by atoms with Gasteiger partial charge in [-0.1, -0.05) is 24.3 Å². The summed E-state index contributed by atoms with van der Waals surface area (Å²) in [6.07, 6.45) is -9.60. The molecular weight excluding hydrogens is 362 g/mol. The number of hydrogen-bond acceptors (Lipinski definition) is 2. The smallest absolute Gasteiger partial charge is 0.389 e. The second-order valence-electron chi connectivity index (χ2n) is 5.43. The third-order valence-electron chi connectivity index (χ3n) is 3.29. The van der Waals surface area contributed by atoms with Gasteiger partial charge in [-0.25, -0.2) is 0 Å². The lowest BCUT2D eigenvalue weighted by Crippen LogP contribution is -2.06. The quantitative estimate of drug-likeness (QED) is 0.540. The molecule has 0 unspecified atom stereocenters. The Morgan fingerprint density at radius 2 is 1.35 bits per heavy atom. The lowest BCUT2D eigenvalue weighted by molar-refractivity contribution is -0.138. The number of alkyl halides is 6. The molecule has 0 bridgehead atoms. The predicted molar refractivity (Wildman–Crippen MR) is 83.5 cm³/mol. The van der Waals surface area contributed by atoms with Crippen molar-refractivity contribution in [1.82, 2.24) is 0 Å². The van der Waals surface area contributed by atoms with E-state index in [4.69, 9.17) is 5.11 Å². The van der Waals surface area contributed by atoms with Gasteiger partial charge in [-0.3, -0.25) is 4.79 Å².